The number of nitrogens with one attached hydrogen (secondary N) is 1. The number of hydrogen-bond acceptors (Lipinski definition) is 6. The fourth-order valence-electron chi connectivity index (χ4n) is 2.70. The van der Waals surface area contributed by atoms with Gasteiger partial charge in [-0.05, 0) is 24.5 Å². The first-order valence-corrected chi connectivity index (χ1v) is 9.63. The Morgan fingerprint density at radius 1 is 1.25 bits per heavy atom. The number of aromatic nitrogens is 3. The normalized spacial score (nSPS) is 10.9. The molecule has 0 saturated carbocycles. The summed E-state index contributed by atoms with van der Waals surface area (Å²) in [5, 5.41) is 14.1. The lowest BCUT2D eigenvalue weighted by molar-refractivity contribution is 0.0691. The van der Waals surface area contributed by atoms with Crippen LogP contribution in [0.5, 0.6) is 0 Å². The highest BCUT2D eigenvalue weighted by atomic mass is 32.1. The molecule has 8 heteroatoms. The van der Waals surface area contributed by atoms with Crippen LogP contribution in [0.3, 0.4) is 0 Å². The van der Waals surface area contributed by atoms with Crippen molar-refractivity contribution in [2.24, 2.45) is 0 Å². The first-order chi connectivity index (χ1) is 13.3. The molecule has 0 spiro atoms. The average Bonchev–Trinajstić information content (AvgIpc) is 3.17. The molecule has 0 aliphatic carbocycles. The van der Waals surface area contributed by atoms with E-state index in [4.69, 9.17) is 5.11 Å². The number of hydrogen-bond donors (Lipinski definition) is 2. The number of nitrogens with zero attached hydrogens (tertiary/aromatic N) is 3. The molecule has 0 atom stereocenters. The number of rotatable bonds is 6. The van der Waals surface area contributed by atoms with E-state index in [-0.39, 0.29) is 17.5 Å². The molecule has 2 N–H and O–H groups in total. The molecule has 7 nitrogen and oxygen atoms in total. The maximum absolute atomic E-state index is 12.6. The third-order valence-electron chi connectivity index (χ3n) is 4.08. The van der Waals surface area contributed by atoms with Gasteiger partial charge in [0.2, 0.25) is 0 Å². The van der Waals surface area contributed by atoms with Gasteiger partial charge in [-0.15, -0.1) is 11.3 Å². The maximum atomic E-state index is 12.6. The van der Waals surface area contributed by atoms with Crippen molar-refractivity contribution in [1.82, 2.24) is 20.3 Å². The fourth-order valence-corrected chi connectivity index (χ4v) is 3.49. The molecule has 0 aliphatic rings. The van der Waals surface area contributed by atoms with E-state index < -0.39 is 5.97 Å². The average molecular weight is 396 g/mol. The van der Waals surface area contributed by atoms with Crippen LogP contribution in [0.1, 0.15) is 57.7 Å². The molecule has 2 aromatic heterocycles. The molecular weight excluding hydrogens is 376 g/mol. The number of carboxylic acid groups (broad SMARTS) is 1. The van der Waals surface area contributed by atoms with E-state index in [9.17, 15) is 9.59 Å². The Kier molecular flexibility index (Phi) is 5.79. The van der Waals surface area contributed by atoms with Gasteiger partial charge in [0, 0.05) is 23.7 Å². The van der Waals surface area contributed by atoms with E-state index in [0.717, 1.165) is 16.8 Å². The van der Waals surface area contributed by atoms with Gasteiger partial charge in [0.25, 0.3) is 5.91 Å². The molecule has 0 fully saturated rings. The number of carboxylic acids is 1. The molecule has 28 heavy (non-hydrogen) atoms. The quantitative estimate of drug-likeness (QED) is 0.659. The summed E-state index contributed by atoms with van der Waals surface area (Å²) in [5.41, 5.74) is 2.92. The molecular formula is C20H20N4O3S. The van der Waals surface area contributed by atoms with Gasteiger partial charge in [0.05, 0.1) is 11.3 Å². The first-order valence-electron chi connectivity index (χ1n) is 8.75. The highest BCUT2D eigenvalue weighted by molar-refractivity contribution is 7.13. The summed E-state index contributed by atoms with van der Waals surface area (Å²) in [6.45, 7) is 6.10. The summed E-state index contributed by atoms with van der Waals surface area (Å²) in [5.74, 6) is -0.528. The number of carbonyl (C=O) groups excluding carboxylic acids is 1. The molecule has 2 heterocycles. The lowest BCUT2D eigenvalue weighted by atomic mass is 10.0. The zero-order valence-electron chi connectivity index (χ0n) is 15.8. The number of aromatic carboxylic acids is 1. The van der Waals surface area contributed by atoms with E-state index in [1.54, 1.807) is 13.1 Å². The summed E-state index contributed by atoms with van der Waals surface area (Å²) >= 11 is 1.27. The van der Waals surface area contributed by atoms with E-state index in [1.165, 1.54) is 16.7 Å². The molecule has 0 radical (unpaired) electrons. The summed E-state index contributed by atoms with van der Waals surface area (Å²) in [6.07, 6.45) is 1.56. The molecule has 0 saturated heterocycles. The number of amides is 1. The smallest absolute Gasteiger partial charge is 0.355 e. The van der Waals surface area contributed by atoms with Crippen molar-refractivity contribution < 1.29 is 14.7 Å². The van der Waals surface area contributed by atoms with Gasteiger partial charge in [-0.1, -0.05) is 32.0 Å². The van der Waals surface area contributed by atoms with E-state index in [2.05, 4.69) is 20.3 Å². The summed E-state index contributed by atoms with van der Waals surface area (Å²) in [4.78, 5) is 36.3. The van der Waals surface area contributed by atoms with Crippen LogP contribution in [0.15, 0.2) is 35.8 Å². The lowest BCUT2D eigenvalue weighted by Crippen LogP contribution is -2.25. The second kappa shape index (κ2) is 8.26. The zero-order chi connectivity index (χ0) is 20.3. The third-order valence-corrected chi connectivity index (χ3v) is 4.97. The third kappa shape index (κ3) is 4.40. The van der Waals surface area contributed by atoms with Crippen molar-refractivity contribution in [3.8, 4) is 10.6 Å². The maximum Gasteiger partial charge on any atom is 0.355 e. The van der Waals surface area contributed by atoms with Crippen LogP contribution in [0.25, 0.3) is 10.6 Å². The standard InChI is InChI=1S/C20H20N4O3S/c1-11(2)17-15(9-21-12(3)23-17)18(25)22-8-13-5-4-6-14(7-13)19-24-16(10-28-19)20(26)27/h4-7,9-11H,8H2,1-3H3,(H,22,25)(H,26,27). The Hall–Kier alpha value is -3.13. The number of thiazole rings is 1. The van der Waals surface area contributed by atoms with Crippen LogP contribution >= 0.6 is 11.3 Å². The predicted molar refractivity (Wildman–Crippen MR) is 107 cm³/mol. The van der Waals surface area contributed by atoms with Gasteiger partial charge in [-0.3, -0.25) is 4.79 Å². The topological polar surface area (TPSA) is 105 Å². The van der Waals surface area contributed by atoms with Gasteiger partial charge in [-0.2, -0.15) is 0 Å². The summed E-state index contributed by atoms with van der Waals surface area (Å²) < 4.78 is 0. The van der Waals surface area contributed by atoms with Gasteiger partial charge in [-0.25, -0.2) is 19.7 Å². The minimum absolute atomic E-state index is 0.0271. The second-order valence-corrected chi connectivity index (χ2v) is 7.46. The molecule has 3 rings (SSSR count). The second-order valence-electron chi connectivity index (χ2n) is 6.60. The van der Waals surface area contributed by atoms with Crippen LogP contribution in [0.4, 0.5) is 0 Å². The van der Waals surface area contributed by atoms with Gasteiger partial charge >= 0.3 is 5.97 Å². The summed E-state index contributed by atoms with van der Waals surface area (Å²) in [7, 11) is 0. The van der Waals surface area contributed by atoms with Crippen molar-refractivity contribution in [1.29, 1.82) is 0 Å². The molecule has 0 unspecified atom stereocenters. The van der Waals surface area contributed by atoms with Crippen molar-refractivity contribution in [3.63, 3.8) is 0 Å². The van der Waals surface area contributed by atoms with Crippen LogP contribution < -0.4 is 5.32 Å². The van der Waals surface area contributed by atoms with E-state index in [1.807, 2.05) is 38.1 Å². The first kappa shape index (κ1) is 19.6. The van der Waals surface area contributed by atoms with Crippen LogP contribution in [0.2, 0.25) is 0 Å². The Balaban J connectivity index is 1.75. The highest BCUT2D eigenvalue weighted by Crippen LogP contribution is 2.24. The van der Waals surface area contributed by atoms with Crippen molar-refractivity contribution in [2.75, 3.05) is 0 Å². The summed E-state index contributed by atoms with van der Waals surface area (Å²) in [6, 6.07) is 7.50. The van der Waals surface area contributed by atoms with Crippen LogP contribution in [-0.4, -0.2) is 31.9 Å². The minimum atomic E-state index is -1.05. The lowest BCUT2D eigenvalue weighted by Gasteiger charge is -2.12. The Morgan fingerprint density at radius 3 is 2.71 bits per heavy atom. The van der Waals surface area contributed by atoms with E-state index in [0.29, 0.717) is 22.9 Å². The fraction of sp³-hybridized carbons (Fsp3) is 0.250. The highest BCUT2D eigenvalue weighted by Gasteiger charge is 2.16. The largest absolute Gasteiger partial charge is 0.476 e. The molecule has 3 aromatic rings. The molecule has 0 aliphatic heterocycles. The number of aryl methyl sites for hydroxylation is 1. The predicted octanol–water partition coefficient (Wildman–Crippen LogP) is 3.66. The molecule has 1 amide bonds. The molecule has 0 bridgehead atoms. The van der Waals surface area contributed by atoms with Gasteiger partial charge in [0.1, 0.15) is 10.8 Å². The van der Waals surface area contributed by atoms with Crippen LogP contribution in [-0.2, 0) is 6.54 Å². The van der Waals surface area contributed by atoms with Crippen molar-refractivity contribution in [2.45, 2.75) is 33.2 Å². The molecule has 1 aromatic carbocycles. The van der Waals surface area contributed by atoms with Crippen molar-refractivity contribution in [3.05, 3.63) is 64.2 Å². The Morgan fingerprint density at radius 2 is 2.04 bits per heavy atom. The van der Waals surface area contributed by atoms with Crippen LogP contribution in [0, 0.1) is 6.92 Å². The van der Waals surface area contributed by atoms with Gasteiger partial charge < -0.3 is 10.4 Å². The minimum Gasteiger partial charge on any atom is -0.476 e. The zero-order valence-corrected chi connectivity index (χ0v) is 16.6. The number of benzene rings is 1. The SMILES string of the molecule is Cc1ncc(C(=O)NCc2cccc(-c3nc(C(=O)O)cs3)c2)c(C(C)C)n1. The monoisotopic (exact) mass is 396 g/mol. The van der Waals surface area contributed by atoms with Gasteiger partial charge in [0.15, 0.2) is 5.69 Å². The Labute approximate surface area is 166 Å². The Bertz CT molecular complexity index is 1030. The van der Waals surface area contributed by atoms with Crippen molar-refractivity contribution >= 4 is 23.2 Å². The number of carbonyl (C=O) groups is 2. The van der Waals surface area contributed by atoms with E-state index >= 15 is 0 Å². The molecule has 144 valence electrons.